The molecule has 2 amide bonds. The minimum absolute atomic E-state index is 0.00516. The molecule has 6 heteroatoms. The summed E-state index contributed by atoms with van der Waals surface area (Å²) in [6, 6.07) is 19.7. The Bertz CT molecular complexity index is 827. The van der Waals surface area contributed by atoms with Crippen LogP contribution >= 0.6 is 0 Å². The number of anilines is 2. The lowest BCUT2D eigenvalue weighted by molar-refractivity contribution is 0.0994. The minimum atomic E-state index is -0.711. The highest BCUT2D eigenvalue weighted by molar-refractivity contribution is 6.10. The van der Waals surface area contributed by atoms with Gasteiger partial charge in [-0.05, 0) is 24.3 Å². The van der Waals surface area contributed by atoms with E-state index < -0.39 is 5.91 Å². The molecule has 6 nitrogen and oxygen atoms in total. The molecule has 3 aromatic rings. The van der Waals surface area contributed by atoms with Crippen molar-refractivity contribution in [1.82, 2.24) is 9.97 Å². The lowest BCUT2D eigenvalue weighted by Gasteiger charge is -2.22. The van der Waals surface area contributed by atoms with Gasteiger partial charge in [0.25, 0.3) is 11.8 Å². The molecule has 0 aliphatic heterocycles. The summed E-state index contributed by atoms with van der Waals surface area (Å²) in [4.78, 5) is 33.6. The molecule has 0 unspecified atom stereocenters. The zero-order valence-corrected chi connectivity index (χ0v) is 12.7. The van der Waals surface area contributed by atoms with E-state index in [-0.39, 0.29) is 17.3 Å². The van der Waals surface area contributed by atoms with E-state index in [0.717, 1.165) is 6.33 Å². The molecule has 0 fully saturated rings. The van der Waals surface area contributed by atoms with E-state index in [9.17, 15) is 9.59 Å². The molecule has 2 aromatic carbocycles. The van der Waals surface area contributed by atoms with Crippen LogP contribution in [0.25, 0.3) is 0 Å². The maximum absolute atomic E-state index is 13.0. The SMILES string of the molecule is NC(=O)c1cc(C(=O)N(c2ccccc2)c2ccccc2)ncn1. The van der Waals surface area contributed by atoms with Crippen molar-refractivity contribution in [1.29, 1.82) is 0 Å². The molecule has 24 heavy (non-hydrogen) atoms. The molecule has 118 valence electrons. The van der Waals surface area contributed by atoms with Crippen molar-refractivity contribution in [3.8, 4) is 0 Å². The van der Waals surface area contributed by atoms with E-state index in [1.165, 1.54) is 11.0 Å². The molecule has 0 aliphatic rings. The van der Waals surface area contributed by atoms with Crippen molar-refractivity contribution < 1.29 is 9.59 Å². The summed E-state index contributed by atoms with van der Waals surface area (Å²) in [5.74, 6) is -1.09. The third kappa shape index (κ3) is 3.12. The number of nitrogens with two attached hydrogens (primary N) is 1. The van der Waals surface area contributed by atoms with Gasteiger partial charge in [0.2, 0.25) is 0 Å². The van der Waals surface area contributed by atoms with Crippen LogP contribution in [0.15, 0.2) is 73.1 Å². The number of carbonyl (C=O) groups is 2. The molecule has 0 radical (unpaired) electrons. The topological polar surface area (TPSA) is 89.2 Å². The molecule has 3 rings (SSSR count). The number of rotatable bonds is 4. The van der Waals surface area contributed by atoms with Gasteiger partial charge in [0.15, 0.2) is 0 Å². The van der Waals surface area contributed by atoms with Crippen LogP contribution < -0.4 is 10.6 Å². The Labute approximate surface area is 138 Å². The predicted octanol–water partition coefficient (Wildman–Crippen LogP) is 2.55. The Morgan fingerprint density at radius 1 is 0.792 bits per heavy atom. The number of para-hydroxylation sites is 2. The summed E-state index contributed by atoms with van der Waals surface area (Å²) < 4.78 is 0. The Hall–Kier alpha value is -3.54. The Morgan fingerprint density at radius 3 is 1.79 bits per heavy atom. The normalized spacial score (nSPS) is 10.2. The van der Waals surface area contributed by atoms with E-state index >= 15 is 0 Å². The van der Waals surface area contributed by atoms with Gasteiger partial charge in [-0.25, -0.2) is 9.97 Å². The fraction of sp³-hybridized carbons (Fsp3) is 0. The molecule has 2 N–H and O–H groups in total. The van der Waals surface area contributed by atoms with Crippen molar-refractivity contribution in [3.63, 3.8) is 0 Å². The van der Waals surface area contributed by atoms with Gasteiger partial charge in [-0.1, -0.05) is 36.4 Å². The van der Waals surface area contributed by atoms with Crippen LogP contribution in [-0.2, 0) is 0 Å². The van der Waals surface area contributed by atoms with Gasteiger partial charge in [-0.3, -0.25) is 14.5 Å². The summed E-state index contributed by atoms with van der Waals surface area (Å²) in [6.07, 6.45) is 1.15. The number of aromatic nitrogens is 2. The highest BCUT2D eigenvalue weighted by Gasteiger charge is 2.21. The first-order chi connectivity index (χ1) is 11.7. The van der Waals surface area contributed by atoms with Crippen LogP contribution in [0.2, 0.25) is 0 Å². The number of primary amides is 1. The summed E-state index contributed by atoms with van der Waals surface area (Å²) in [5.41, 5.74) is 6.69. The van der Waals surface area contributed by atoms with E-state index in [1.807, 2.05) is 60.7 Å². The first kappa shape index (κ1) is 15.4. The zero-order chi connectivity index (χ0) is 16.9. The first-order valence-electron chi connectivity index (χ1n) is 7.23. The second-order valence-corrected chi connectivity index (χ2v) is 4.96. The van der Waals surface area contributed by atoms with E-state index in [2.05, 4.69) is 9.97 Å². The largest absolute Gasteiger partial charge is 0.364 e. The zero-order valence-electron chi connectivity index (χ0n) is 12.7. The predicted molar refractivity (Wildman–Crippen MR) is 89.9 cm³/mol. The maximum Gasteiger partial charge on any atom is 0.281 e. The van der Waals surface area contributed by atoms with Crippen LogP contribution in [-0.4, -0.2) is 21.8 Å². The third-order valence-corrected chi connectivity index (χ3v) is 3.37. The molecule has 0 aliphatic carbocycles. The molecule has 0 saturated carbocycles. The van der Waals surface area contributed by atoms with E-state index in [4.69, 9.17) is 5.73 Å². The van der Waals surface area contributed by atoms with Crippen molar-refractivity contribution in [3.05, 3.63) is 84.4 Å². The number of nitrogens with zero attached hydrogens (tertiary/aromatic N) is 3. The molecular weight excluding hydrogens is 304 g/mol. The molecule has 1 aromatic heterocycles. The molecule has 0 atom stereocenters. The van der Waals surface area contributed by atoms with Gasteiger partial charge >= 0.3 is 0 Å². The quantitative estimate of drug-likeness (QED) is 0.800. The first-order valence-corrected chi connectivity index (χ1v) is 7.23. The molecule has 0 spiro atoms. The van der Waals surface area contributed by atoms with Gasteiger partial charge in [0, 0.05) is 17.4 Å². The van der Waals surface area contributed by atoms with Crippen LogP contribution in [0, 0.1) is 0 Å². The standard InChI is InChI=1S/C18H14N4O2/c19-17(23)15-11-16(21-12-20-15)18(24)22(13-7-3-1-4-8-13)14-9-5-2-6-10-14/h1-12H,(H2,19,23). The smallest absolute Gasteiger partial charge is 0.281 e. The number of carbonyl (C=O) groups excluding carboxylic acids is 2. The molecule has 0 bridgehead atoms. The van der Waals surface area contributed by atoms with Gasteiger partial charge in [0.05, 0.1) is 0 Å². The number of amides is 2. The van der Waals surface area contributed by atoms with Gasteiger partial charge < -0.3 is 5.73 Å². The second kappa shape index (κ2) is 6.70. The average Bonchev–Trinajstić information content (AvgIpc) is 2.64. The average molecular weight is 318 g/mol. The van der Waals surface area contributed by atoms with Crippen LogP contribution in [0.4, 0.5) is 11.4 Å². The van der Waals surface area contributed by atoms with Gasteiger partial charge in [-0.2, -0.15) is 0 Å². The van der Waals surface area contributed by atoms with E-state index in [1.54, 1.807) is 0 Å². The second-order valence-electron chi connectivity index (χ2n) is 4.96. The fourth-order valence-corrected chi connectivity index (χ4v) is 2.26. The minimum Gasteiger partial charge on any atom is -0.364 e. The van der Waals surface area contributed by atoms with Gasteiger partial charge in [-0.15, -0.1) is 0 Å². The fourth-order valence-electron chi connectivity index (χ4n) is 2.26. The van der Waals surface area contributed by atoms with Crippen molar-refractivity contribution in [2.45, 2.75) is 0 Å². The summed E-state index contributed by atoms with van der Waals surface area (Å²) in [5, 5.41) is 0. The van der Waals surface area contributed by atoms with Gasteiger partial charge in [0.1, 0.15) is 17.7 Å². The van der Waals surface area contributed by atoms with Crippen LogP contribution in [0.5, 0.6) is 0 Å². The summed E-state index contributed by atoms with van der Waals surface area (Å²) in [7, 11) is 0. The lowest BCUT2D eigenvalue weighted by atomic mass is 10.2. The van der Waals surface area contributed by atoms with E-state index in [0.29, 0.717) is 11.4 Å². The molecule has 0 saturated heterocycles. The van der Waals surface area contributed by atoms with Crippen molar-refractivity contribution in [2.24, 2.45) is 5.73 Å². The number of hydrogen-bond donors (Lipinski definition) is 1. The van der Waals surface area contributed by atoms with Crippen LogP contribution in [0.3, 0.4) is 0 Å². The lowest BCUT2D eigenvalue weighted by Crippen LogP contribution is -2.27. The van der Waals surface area contributed by atoms with Crippen molar-refractivity contribution >= 4 is 23.2 Å². The summed E-state index contributed by atoms with van der Waals surface area (Å²) >= 11 is 0. The molecule has 1 heterocycles. The summed E-state index contributed by atoms with van der Waals surface area (Å²) in [6.45, 7) is 0. The van der Waals surface area contributed by atoms with Crippen LogP contribution in [0.1, 0.15) is 21.0 Å². The highest BCUT2D eigenvalue weighted by atomic mass is 16.2. The van der Waals surface area contributed by atoms with Crippen molar-refractivity contribution in [2.75, 3.05) is 4.90 Å². The Kier molecular flexibility index (Phi) is 4.29. The monoisotopic (exact) mass is 318 g/mol. The third-order valence-electron chi connectivity index (χ3n) is 3.37. The molecular formula is C18H14N4O2. The Balaban J connectivity index is 2.08. The Morgan fingerprint density at radius 2 is 1.29 bits per heavy atom. The number of benzene rings is 2. The maximum atomic E-state index is 13.0. The number of hydrogen-bond acceptors (Lipinski definition) is 4. The highest BCUT2D eigenvalue weighted by Crippen LogP contribution is 2.26.